The fraction of sp³-hybridized carbons (Fsp3) is 0.167. The smallest absolute Gasteiger partial charge is 0.333 e. The Kier molecular flexibility index (Phi) is 5.02. The zero-order chi connectivity index (χ0) is 9.78. The van der Waals surface area contributed by atoms with Gasteiger partial charge in [0.05, 0.1) is 0 Å². The molecule has 0 spiro atoms. The Morgan fingerprint density at radius 2 is 1.92 bits per heavy atom. The lowest BCUT2D eigenvalue weighted by molar-refractivity contribution is -0.139. The zero-order valence-electron chi connectivity index (χ0n) is 5.69. The van der Waals surface area contributed by atoms with Gasteiger partial charge in [0.15, 0.2) is 0 Å². The molecule has 0 amide bonds. The van der Waals surface area contributed by atoms with Crippen molar-refractivity contribution >= 4 is 52.4 Å². The molecule has 0 aromatic heterocycles. The molecule has 12 heavy (non-hydrogen) atoms. The van der Waals surface area contributed by atoms with Gasteiger partial charge in [-0.15, -0.1) is 0 Å². The third-order valence-corrected chi connectivity index (χ3v) is 1.27. The van der Waals surface area contributed by atoms with E-state index < -0.39 is 10.5 Å². The van der Waals surface area contributed by atoms with Gasteiger partial charge < -0.3 is 4.74 Å². The summed E-state index contributed by atoms with van der Waals surface area (Å²) in [7, 11) is 0. The summed E-state index contributed by atoms with van der Waals surface area (Å²) in [5.74, 6) is -0.772. The van der Waals surface area contributed by atoms with Crippen LogP contribution in [0.1, 0.15) is 0 Å². The number of carbonyl (C=O) groups excluding carboxylic acids is 1. The summed E-state index contributed by atoms with van der Waals surface area (Å²) in [6, 6.07) is 0. The van der Waals surface area contributed by atoms with E-state index in [2.05, 4.69) is 11.3 Å². The molecule has 0 aliphatic rings. The average Bonchev–Trinajstić information content (AvgIpc) is 1.83. The van der Waals surface area contributed by atoms with Crippen molar-refractivity contribution in [2.24, 2.45) is 0 Å². The summed E-state index contributed by atoms with van der Waals surface area (Å²) in [5, 5.41) is 0. The van der Waals surface area contributed by atoms with E-state index in [-0.39, 0.29) is 4.49 Å². The van der Waals surface area contributed by atoms with Crippen molar-refractivity contribution < 1.29 is 9.53 Å². The van der Waals surface area contributed by atoms with Crippen LogP contribution in [0.2, 0.25) is 0 Å². The number of esters is 1. The fourth-order valence-electron chi connectivity index (χ4n) is 0.332. The maximum atomic E-state index is 10.6. The van der Waals surface area contributed by atoms with Crippen molar-refractivity contribution in [3.05, 3.63) is 23.2 Å². The topological polar surface area (TPSA) is 26.3 Å². The van der Waals surface area contributed by atoms with Crippen LogP contribution in [-0.2, 0) is 9.53 Å². The van der Waals surface area contributed by atoms with Crippen LogP contribution in [0.5, 0.6) is 0 Å². The second kappa shape index (κ2) is 4.97. The van der Waals surface area contributed by atoms with Gasteiger partial charge in [0, 0.05) is 12.2 Å². The van der Waals surface area contributed by atoms with Gasteiger partial charge in [-0.1, -0.05) is 53.0 Å². The molecule has 0 unspecified atom stereocenters. The minimum Gasteiger partial charge on any atom is -0.422 e. The standard InChI is InChI=1S/C6H4Cl4O2/c1-2-5(11)12-6(9,10)3-4(7)8/h2-3H,1H2. The molecule has 0 saturated carbocycles. The molecule has 0 aromatic carbocycles. The van der Waals surface area contributed by atoms with Crippen molar-refractivity contribution in [3.63, 3.8) is 0 Å². The average molecular weight is 250 g/mol. The first-order valence-electron chi connectivity index (χ1n) is 2.64. The van der Waals surface area contributed by atoms with Crippen molar-refractivity contribution in [1.29, 1.82) is 0 Å². The Labute approximate surface area is 89.7 Å². The lowest BCUT2D eigenvalue weighted by Crippen LogP contribution is -2.18. The minimum absolute atomic E-state index is 0.197. The molecule has 0 saturated heterocycles. The van der Waals surface area contributed by atoms with Gasteiger partial charge in [-0.25, -0.2) is 4.79 Å². The Balaban J connectivity index is 4.32. The van der Waals surface area contributed by atoms with Gasteiger partial charge in [-0.2, -0.15) is 0 Å². The van der Waals surface area contributed by atoms with Gasteiger partial charge in [-0.3, -0.25) is 0 Å². The van der Waals surface area contributed by atoms with Crippen LogP contribution in [0.3, 0.4) is 0 Å². The monoisotopic (exact) mass is 248 g/mol. The quantitative estimate of drug-likeness (QED) is 0.436. The molecule has 0 N–H and O–H groups in total. The van der Waals surface area contributed by atoms with Gasteiger partial charge in [-0.05, 0) is 0 Å². The van der Waals surface area contributed by atoms with E-state index in [1.54, 1.807) is 0 Å². The van der Waals surface area contributed by atoms with Gasteiger partial charge in [0.2, 0.25) is 0 Å². The highest BCUT2D eigenvalue weighted by atomic mass is 35.5. The Morgan fingerprint density at radius 1 is 1.42 bits per heavy atom. The summed E-state index contributed by atoms with van der Waals surface area (Å²) in [5.41, 5.74) is 0. The van der Waals surface area contributed by atoms with Crippen molar-refractivity contribution in [2.75, 3.05) is 0 Å². The first-order chi connectivity index (χ1) is 5.37. The molecule has 0 aliphatic heterocycles. The predicted molar refractivity (Wildman–Crippen MR) is 50.5 cm³/mol. The number of carbonyl (C=O) groups is 1. The lowest BCUT2D eigenvalue weighted by Gasteiger charge is -2.13. The van der Waals surface area contributed by atoms with Gasteiger partial charge >= 0.3 is 5.97 Å². The highest BCUT2D eigenvalue weighted by Crippen LogP contribution is 2.28. The predicted octanol–water partition coefficient (Wildman–Crippen LogP) is 3.17. The molecule has 0 rings (SSSR count). The number of rotatable bonds is 3. The molecule has 0 heterocycles. The highest BCUT2D eigenvalue weighted by Gasteiger charge is 2.25. The Bertz CT molecular complexity index is 218. The SMILES string of the molecule is C=CC(=O)OC(Cl)(Cl)C=C(Cl)Cl. The molecular weight excluding hydrogens is 246 g/mol. The Hall–Kier alpha value is 0.110. The van der Waals surface area contributed by atoms with Gasteiger partial charge in [0.1, 0.15) is 4.49 Å². The molecule has 0 radical (unpaired) electrons. The number of ether oxygens (including phenoxy) is 1. The largest absolute Gasteiger partial charge is 0.422 e. The summed E-state index contributed by atoms with van der Waals surface area (Å²) >= 11 is 21.3. The van der Waals surface area contributed by atoms with Crippen LogP contribution in [0.15, 0.2) is 23.2 Å². The molecular formula is C6H4Cl4O2. The van der Waals surface area contributed by atoms with E-state index in [9.17, 15) is 4.79 Å². The minimum atomic E-state index is -1.86. The first-order valence-corrected chi connectivity index (χ1v) is 4.15. The number of alkyl halides is 2. The van der Waals surface area contributed by atoms with Crippen molar-refractivity contribution in [3.8, 4) is 0 Å². The fourth-order valence-corrected chi connectivity index (χ4v) is 1.23. The van der Waals surface area contributed by atoms with E-state index in [1.165, 1.54) is 0 Å². The summed E-state index contributed by atoms with van der Waals surface area (Å²) < 4.78 is 2.37. The maximum absolute atomic E-state index is 10.6. The zero-order valence-corrected chi connectivity index (χ0v) is 8.71. The normalized spacial score (nSPS) is 10.3. The molecule has 0 fully saturated rings. The highest BCUT2D eigenvalue weighted by molar-refractivity contribution is 6.57. The molecule has 0 aromatic rings. The van der Waals surface area contributed by atoms with E-state index in [4.69, 9.17) is 46.4 Å². The van der Waals surface area contributed by atoms with E-state index >= 15 is 0 Å². The number of hydrogen-bond donors (Lipinski definition) is 0. The van der Waals surface area contributed by atoms with Crippen LogP contribution in [0, 0.1) is 0 Å². The van der Waals surface area contributed by atoms with Crippen LogP contribution < -0.4 is 0 Å². The summed E-state index contributed by atoms with van der Waals surface area (Å²) in [6.45, 7) is 3.15. The number of hydrogen-bond acceptors (Lipinski definition) is 2. The van der Waals surface area contributed by atoms with E-state index in [1.807, 2.05) is 0 Å². The second-order valence-corrected chi connectivity index (χ2v) is 3.95. The van der Waals surface area contributed by atoms with Crippen LogP contribution in [0.25, 0.3) is 0 Å². The first kappa shape index (κ1) is 12.1. The van der Waals surface area contributed by atoms with Crippen LogP contribution in [-0.4, -0.2) is 10.5 Å². The molecule has 0 bridgehead atoms. The third kappa shape index (κ3) is 5.72. The molecule has 0 atom stereocenters. The van der Waals surface area contributed by atoms with Crippen molar-refractivity contribution in [2.45, 2.75) is 4.52 Å². The molecule has 0 aliphatic carbocycles. The van der Waals surface area contributed by atoms with E-state index in [0.29, 0.717) is 0 Å². The molecule has 6 heteroatoms. The third-order valence-electron chi connectivity index (χ3n) is 0.680. The summed E-state index contributed by atoms with van der Waals surface area (Å²) in [6.07, 6.45) is 1.87. The molecule has 68 valence electrons. The van der Waals surface area contributed by atoms with Crippen LogP contribution >= 0.6 is 46.4 Å². The lowest BCUT2D eigenvalue weighted by atomic mass is 10.6. The Morgan fingerprint density at radius 3 is 2.25 bits per heavy atom. The second-order valence-electron chi connectivity index (χ2n) is 1.62. The van der Waals surface area contributed by atoms with Gasteiger partial charge in [0.25, 0.3) is 4.52 Å². The summed E-state index contributed by atoms with van der Waals surface area (Å²) in [4.78, 5) is 10.6. The number of halogens is 4. The van der Waals surface area contributed by atoms with Crippen molar-refractivity contribution in [1.82, 2.24) is 0 Å². The van der Waals surface area contributed by atoms with E-state index in [0.717, 1.165) is 12.2 Å². The van der Waals surface area contributed by atoms with Crippen LogP contribution in [0.4, 0.5) is 0 Å². The maximum Gasteiger partial charge on any atom is 0.333 e. The molecule has 2 nitrogen and oxygen atoms in total.